The van der Waals surface area contributed by atoms with Crippen molar-refractivity contribution in [2.75, 3.05) is 33.8 Å². The van der Waals surface area contributed by atoms with E-state index in [1.165, 1.54) is 4.90 Å². The van der Waals surface area contributed by atoms with Crippen LogP contribution in [0.3, 0.4) is 0 Å². The zero-order valence-corrected chi connectivity index (χ0v) is 13.5. The maximum absolute atomic E-state index is 12.4. The summed E-state index contributed by atoms with van der Waals surface area (Å²) in [5, 5.41) is 0. The largest absolute Gasteiger partial charge is 0.496 e. The summed E-state index contributed by atoms with van der Waals surface area (Å²) < 4.78 is 5.22. The average molecular weight is 292 g/mol. The zero-order valence-electron chi connectivity index (χ0n) is 13.5. The van der Waals surface area contributed by atoms with Crippen molar-refractivity contribution in [1.29, 1.82) is 0 Å². The second-order valence-electron chi connectivity index (χ2n) is 4.91. The Morgan fingerprint density at radius 3 is 2.33 bits per heavy atom. The molecular formula is C16H24N2O3. The second kappa shape index (κ2) is 7.67. The van der Waals surface area contributed by atoms with E-state index in [0.29, 0.717) is 24.4 Å². The van der Waals surface area contributed by atoms with Crippen LogP contribution >= 0.6 is 0 Å². The minimum Gasteiger partial charge on any atom is -0.496 e. The number of ether oxygens (including phenoxy) is 1. The molecule has 0 heterocycles. The highest BCUT2D eigenvalue weighted by Gasteiger charge is 2.18. The monoisotopic (exact) mass is 292 g/mol. The fraction of sp³-hybridized carbons (Fsp3) is 0.500. The Morgan fingerprint density at radius 1 is 1.19 bits per heavy atom. The van der Waals surface area contributed by atoms with Crippen LogP contribution in [-0.4, -0.2) is 55.4 Å². The molecule has 0 bridgehead atoms. The van der Waals surface area contributed by atoms with Crippen molar-refractivity contribution >= 4 is 11.8 Å². The molecule has 0 saturated heterocycles. The quantitative estimate of drug-likeness (QED) is 0.805. The van der Waals surface area contributed by atoms with Gasteiger partial charge in [0.1, 0.15) is 5.75 Å². The van der Waals surface area contributed by atoms with E-state index < -0.39 is 0 Å². The molecule has 0 radical (unpaired) electrons. The fourth-order valence-corrected chi connectivity index (χ4v) is 2.12. The van der Waals surface area contributed by atoms with Crippen molar-refractivity contribution in [3.05, 3.63) is 29.3 Å². The van der Waals surface area contributed by atoms with Crippen LogP contribution in [0.2, 0.25) is 0 Å². The number of nitrogens with zero attached hydrogens (tertiary/aromatic N) is 2. The molecule has 0 aliphatic rings. The number of amides is 2. The summed E-state index contributed by atoms with van der Waals surface area (Å²) >= 11 is 0. The fourth-order valence-electron chi connectivity index (χ4n) is 2.12. The SMILES string of the molecule is CCN(CC)C(=O)CN(C)C(=O)c1ccc(C)c(OC)c1. The Balaban J connectivity index is 2.81. The molecule has 0 N–H and O–H groups in total. The van der Waals surface area contributed by atoms with Gasteiger partial charge < -0.3 is 14.5 Å². The Bertz CT molecular complexity index is 510. The highest BCUT2D eigenvalue weighted by atomic mass is 16.5. The van der Waals surface area contributed by atoms with E-state index in [4.69, 9.17) is 4.74 Å². The first-order chi connectivity index (χ1) is 9.94. The third-order valence-electron chi connectivity index (χ3n) is 3.49. The highest BCUT2D eigenvalue weighted by molar-refractivity contribution is 5.96. The number of hydrogen-bond donors (Lipinski definition) is 0. The van der Waals surface area contributed by atoms with Crippen molar-refractivity contribution in [3.8, 4) is 5.75 Å². The molecule has 0 atom stereocenters. The summed E-state index contributed by atoms with van der Waals surface area (Å²) in [5.74, 6) is 0.438. The Labute approximate surface area is 126 Å². The van der Waals surface area contributed by atoms with Gasteiger partial charge in [-0.2, -0.15) is 0 Å². The number of carbonyl (C=O) groups excluding carboxylic acids is 2. The summed E-state index contributed by atoms with van der Waals surface area (Å²) in [5.41, 5.74) is 1.49. The van der Waals surface area contributed by atoms with E-state index in [1.807, 2.05) is 26.8 Å². The molecule has 116 valence electrons. The van der Waals surface area contributed by atoms with Crippen LogP contribution in [0.15, 0.2) is 18.2 Å². The number of carbonyl (C=O) groups is 2. The third kappa shape index (κ3) is 4.21. The predicted octanol–water partition coefficient (Wildman–Crippen LogP) is 1.94. The lowest BCUT2D eigenvalue weighted by atomic mass is 10.1. The maximum atomic E-state index is 12.4. The minimum absolute atomic E-state index is 0.0464. The molecule has 1 aromatic carbocycles. The molecule has 0 aliphatic heterocycles. The van der Waals surface area contributed by atoms with Crippen molar-refractivity contribution in [3.63, 3.8) is 0 Å². The summed E-state index contributed by atoms with van der Waals surface area (Å²) in [4.78, 5) is 27.5. The first-order valence-corrected chi connectivity index (χ1v) is 7.12. The average Bonchev–Trinajstić information content (AvgIpc) is 2.48. The maximum Gasteiger partial charge on any atom is 0.254 e. The summed E-state index contributed by atoms with van der Waals surface area (Å²) in [6, 6.07) is 5.29. The number of methoxy groups -OCH3 is 1. The summed E-state index contributed by atoms with van der Waals surface area (Å²) in [6.07, 6.45) is 0. The molecular weight excluding hydrogens is 268 g/mol. The van der Waals surface area contributed by atoms with Gasteiger partial charge in [0, 0.05) is 25.7 Å². The Morgan fingerprint density at radius 2 is 1.81 bits per heavy atom. The highest BCUT2D eigenvalue weighted by Crippen LogP contribution is 2.19. The third-order valence-corrected chi connectivity index (χ3v) is 3.49. The topological polar surface area (TPSA) is 49.9 Å². The predicted molar refractivity (Wildman–Crippen MR) is 82.6 cm³/mol. The standard InChI is InChI=1S/C16H24N2O3/c1-6-18(7-2)15(19)11-17(4)16(20)13-9-8-12(3)14(10-13)21-5/h8-10H,6-7,11H2,1-5H3. The molecule has 21 heavy (non-hydrogen) atoms. The molecule has 5 heteroatoms. The van der Waals surface area contributed by atoms with Gasteiger partial charge >= 0.3 is 0 Å². The van der Waals surface area contributed by atoms with Crippen LogP contribution in [0, 0.1) is 6.92 Å². The van der Waals surface area contributed by atoms with Gasteiger partial charge in [0.2, 0.25) is 5.91 Å². The van der Waals surface area contributed by atoms with Crippen LogP contribution in [-0.2, 0) is 4.79 Å². The van der Waals surface area contributed by atoms with Gasteiger partial charge in [-0.05, 0) is 38.5 Å². The van der Waals surface area contributed by atoms with Gasteiger partial charge in [-0.3, -0.25) is 9.59 Å². The molecule has 0 unspecified atom stereocenters. The Hall–Kier alpha value is -2.04. The van der Waals surface area contributed by atoms with E-state index in [0.717, 1.165) is 5.56 Å². The van der Waals surface area contributed by atoms with E-state index in [1.54, 1.807) is 31.2 Å². The lowest BCUT2D eigenvalue weighted by Crippen LogP contribution is -2.41. The smallest absolute Gasteiger partial charge is 0.254 e. The van der Waals surface area contributed by atoms with Crippen molar-refractivity contribution in [1.82, 2.24) is 9.80 Å². The lowest BCUT2D eigenvalue weighted by molar-refractivity contribution is -0.131. The van der Waals surface area contributed by atoms with Gasteiger partial charge in [-0.25, -0.2) is 0 Å². The number of likely N-dealkylation sites (N-methyl/N-ethyl adjacent to an activating group) is 2. The number of benzene rings is 1. The first-order valence-electron chi connectivity index (χ1n) is 7.12. The molecule has 5 nitrogen and oxygen atoms in total. The minimum atomic E-state index is -0.186. The molecule has 0 aliphatic carbocycles. The molecule has 0 aromatic heterocycles. The van der Waals surface area contributed by atoms with Crippen LogP contribution in [0.25, 0.3) is 0 Å². The molecule has 1 rings (SSSR count). The van der Waals surface area contributed by atoms with Crippen LogP contribution in [0.5, 0.6) is 5.75 Å². The summed E-state index contributed by atoms with van der Waals surface area (Å²) in [6.45, 7) is 7.14. The van der Waals surface area contributed by atoms with Crippen LogP contribution < -0.4 is 4.74 Å². The van der Waals surface area contributed by atoms with E-state index >= 15 is 0 Å². The number of hydrogen-bond acceptors (Lipinski definition) is 3. The van der Waals surface area contributed by atoms with Crippen molar-refractivity contribution in [2.45, 2.75) is 20.8 Å². The lowest BCUT2D eigenvalue weighted by Gasteiger charge is -2.23. The van der Waals surface area contributed by atoms with E-state index in [9.17, 15) is 9.59 Å². The van der Waals surface area contributed by atoms with Crippen molar-refractivity contribution in [2.24, 2.45) is 0 Å². The van der Waals surface area contributed by atoms with Crippen LogP contribution in [0.1, 0.15) is 29.8 Å². The van der Waals surface area contributed by atoms with Gasteiger partial charge in [0.05, 0.1) is 13.7 Å². The summed E-state index contributed by atoms with van der Waals surface area (Å²) in [7, 11) is 3.21. The normalized spacial score (nSPS) is 10.1. The number of rotatable bonds is 6. The van der Waals surface area contributed by atoms with Gasteiger partial charge in [0.25, 0.3) is 5.91 Å². The van der Waals surface area contributed by atoms with Gasteiger partial charge in [0.15, 0.2) is 0 Å². The van der Waals surface area contributed by atoms with Crippen molar-refractivity contribution < 1.29 is 14.3 Å². The first kappa shape index (κ1) is 17.0. The molecule has 2 amide bonds. The zero-order chi connectivity index (χ0) is 16.0. The number of aryl methyl sites for hydroxylation is 1. The molecule has 0 spiro atoms. The van der Waals surface area contributed by atoms with Crippen LogP contribution in [0.4, 0.5) is 0 Å². The molecule has 1 aromatic rings. The molecule has 0 saturated carbocycles. The van der Waals surface area contributed by atoms with Gasteiger partial charge in [-0.15, -0.1) is 0 Å². The van der Waals surface area contributed by atoms with E-state index in [-0.39, 0.29) is 18.4 Å². The van der Waals surface area contributed by atoms with Gasteiger partial charge in [-0.1, -0.05) is 6.07 Å². The second-order valence-corrected chi connectivity index (χ2v) is 4.91. The molecule has 0 fully saturated rings. The Kier molecular flexibility index (Phi) is 6.21. The van der Waals surface area contributed by atoms with E-state index in [2.05, 4.69) is 0 Å².